The van der Waals surface area contributed by atoms with E-state index < -0.39 is 0 Å². The lowest BCUT2D eigenvalue weighted by Crippen LogP contribution is -2.35. The fourth-order valence-corrected chi connectivity index (χ4v) is 2.14. The van der Waals surface area contributed by atoms with Crippen molar-refractivity contribution in [3.63, 3.8) is 0 Å². The molecule has 0 saturated carbocycles. The maximum atomic E-state index is 6.04. The molecule has 0 N–H and O–H groups in total. The Morgan fingerprint density at radius 3 is 2.88 bits per heavy atom. The average molecular weight is 253 g/mol. The molecule has 3 rings (SSSR count). The van der Waals surface area contributed by atoms with Gasteiger partial charge in [0.05, 0.1) is 19.8 Å². The molecule has 0 radical (unpaired) electrons. The third kappa shape index (κ3) is 2.26. The van der Waals surface area contributed by atoms with Crippen LogP contribution in [0.1, 0.15) is 5.82 Å². The van der Waals surface area contributed by atoms with E-state index in [4.69, 9.17) is 16.3 Å². The van der Waals surface area contributed by atoms with Gasteiger partial charge < -0.3 is 4.74 Å². The number of aromatic nitrogens is 3. The molecule has 3 heterocycles. The van der Waals surface area contributed by atoms with Gasteiger partial charge in [-0.1, -0.05) is 17.7 Å². The molecule has 1 aliphatic rings. The van der Waals surface area contributed by atoms with Crippen molar-refractivity contribution in [2.24, 2.45) is 0 Å². The van der Waals surface area contributed by atoms with Crippen LogP contribution < -0.4 is 0 Å². The Morgan fingerprint density at radius 2 is 2.12 bits per heavy atom. The number of fused-ring (bicyclic) bond motifs is 1. The van der Waals surface area contributed by atoms with E-state index in [0.29, 0.717) is 5.15 Å². The summed E-state index contributed by atoms with van der Waals surface area (Å²) in [6.07, 6.45) is 0. The van der Waals surface area contributed by atoms with Gasteiger partial charge in [-0.2, -0.15) is 0 Å². The van der Waals surface area contributed by atoms with Crippen molar-refractivity contribution in [3.8, 4) is 0 Å². The van der Waals surface area contributed by atoms with Crippen LogP contribution in [0.15, 0.2) is 18.2 Å². The molecule has 0 aliphatic carbocycles. The summed E-state index contributed by atoms with van der Waals surface area (Å²) in [4.78, 5) is 6.74. The molecule has 0 spiro atoms. The van der Waals surface area contributed by atoms with Crippen LogP contribution in [0.4, 0.5) is 0 Å². The third-order valence-electron chi connectivity index (χ3n) is 2.83. The first kappa shape index (κ1) is 11.0. The average Bonchev–Trinajstić information content (AvgIpc) is 2.74. The minimum atomic E-state index is 0.586. The van der Waals surface area contributed by atoms with E-state index in [2.05, 4.69) is 15.0 Å². The Hall–Kier alpha value is -1.17. The summed E-state index contributed by atoms with van der Waals surface area (Å²) in [5, 5.41) is 4.98. The smallest absolute Gasteiger partial charge is 0.165 e. The van der Waals surface area contributed by atoms with E-state index in [1.54, 1.807) is 4.52 Å². The predicted octanol–water partition coefficient (Wildman–Crippen LogP) is 1.21. The van der Waals surface area contributed by atoms with Gasteiger partial charge in [-0.3, -0.25) is 4.90 Å². The Kier molecular flexibility index (Phi) is 2.96. The molecule has 90 valence electrons. The number of hydrogen-bond donors (Lipinski definition) is 0. The van der Waals surface area contributed by atoms with Crippen molar-refractivity contribution in [1.82, 2.24) is 19.5 Å². The first-order valence-corrected chi connectivity index (χ1v) is 6.01. The minimum absolute atomic E-state index is 0.586. The highest BCUT2D eigenvalue weighted by molar-refractivity contribution is 6.29. The number of nitrogens with zero attached hydrogens (tertiary/aromatic N) is 4. The van der Waals surface area contributed by atoms with Crippen LogP contribution in [0, 0.1) is 0 Å². The zero-order chi connectivity index (χ0) is 11.7. The normalized spacial score (nSPS) is 17.7. The lowest BCUT2D eigenvalue weighted by Gasteiger charge is -2.25. The molecule has 0 atom stereocenters. The van der Waals surface area contributed by atoms with Gasteiger partial charge in [-0.15, -0.1) is 5.10 Å². The minimum Gasteiger partial charge on any atom is -0.379 e. The number of pyridine rings is 1. The SMILES string of the molecule is Clc1cccc2nc(CN3CCOCC3)nn12. The highest BCUT2D eigenvalue weighted by Gasteiger charge is 2.14. The van der Waals surface area contributed by atoms with E-state index in [-0.39, 0.29) is 0 Å². The number of ether oxygens (including phenoxy) is 1. The molecule has 0 amide bonds. The van der Waals surface area contributed by atoms with Gasteiger partial charge in [-0.25, -0.2) is 9.50 Å². The van der Waals surface area contributed by atoms with Crippen LogP contribution in [0.2, 0.25) is 5.15 Å². The zero-order valence-corrected chi connectivity index (χ0v) is 10.1. The molecular weight excluding hydrogens is 240 g/mol. The van der Waals surface area contributed by atoms with Gasteiger partial charge >= 0.3 is 0 Å². The molecule has 0 unspecified atom stereocenters. The monoisotopic (exact) mass is 252 g/mol. The summed E-state index contributed by atoms with van der Waals surface area (Å²) in [5.74, 6) is 0.806. The zero-order valence-electron chi connectivity index (χ0n) is 9.34. The van der Waals surface area contributed by atoms with Gasteiger partial charge in [0.15, 0.2) is 11.5 Å². The van der Waals surface area contributed by atoms with Gasteiger partial charge in [-0.05, 0) is 12.1 Å². The molecule has 2 aromatic rings. The molecular formula is C11H13ClN4O. The van der Waals surface area contributed by atoms with Crippen LogP contribution in [0.3, 0.4) is 0 Å². The summed E-state index contributed by atoms with van der Waals surface area (Å²) < 4.78 is 6.97. The van der Waals surface area contributed by atoms with E-state index in [9.17, 15) is 0 Å². The van der Waals surface area contributed by atoms with Crippen LogP contribution in [0.5, 0.6) is 0 Å². The van der Waals surface area contributed by atoms with Crippen LogP contribution in [-0.2, 0) is 11.3 Å². The van der Waals surface area contributed by atoms with Crippen molar-refractivity contribution in [1.29, 1.82) is 0 Å². The largest absolute Gasteiger partial charge is 0.379 e. The van der Waals surface area contributed by atoms with Crippen molar-refractivity contribution in [2.45, 2.75) is 6.54 Å². The second kappa shape index (κ2) is 4.60. The van der Waals surface area contributed by atoms with E-state index in [1.807, 2.05) is 18.2 Å². The Morgan fingerprint density at radius 1 is 1.29 bits per heavy atom. The van der Waals surface area contributed by atoms with Gasteiger partial charge in [0.25, 0.3) is 0 Å². The molecule has 1 fully saturated rings. The Balaban J connectivity index is 1.83. The second-order valence-corrected chi connectivity index (χ2v) is 4.42. The quantitative estimate of drug-likeness (QED) is 0.754. The lowest BCUT2D eigenvalue weighted by atomic mass is 10.4. The van der Waals surface area contributed by atoms with Gasteiger partial charge in [0, 0.05) is 13.1 Å². The van der Waals surface area contributed by atoms with Crippen molar-refractivity contribution in [2.75, 3.05) is 26.3 Å². The van der Waals surface area contributed by atoms with E-state index in [0.717, 1.165) is 44.3 Å². The molecule has 0 bridgehead atoms. The second-order valence-electron chi connectivity index (χ2n) is 4.04. The summed E-state index contributed by atoms with van der Waals surface area (Å²) in [6.45, 7) is 4.19. The predicted molar refractivity (Wildman–Crippen MR) is 64.1 cm³/mol. The van der Waals surface area contributed by atoms with Crippen molar-refractivity contribution < 1.29 is 4.74 Å². The van der Waals surface area contributed by atoms with Crippen LogP contribution in [0.25, 0.3) is 5.65 Å². The Labute approximate surface area is 104 Å². The van der Waals surface area contributed by atoms with Crippen molar-refractivity contribution >= 4 is 17.2 Å². The molecule has 6 heteroatoms. The maximum Gasteiger partial charge on any atom is 0.165 e. The molecule has 17 heavy (non-hydrogen) atoms. The van der Waals surface area contributed by atoms with E-state index in [1.165, 1.54) is 0 Å². The van der Waals surface area contributed by atoms with Crippen LogP contribution >= 0.6 is 11.6 Å². The summed E-state index contributed by atoms with van der Waals surface area (Å²) in [7, 11) is 0. The summed E-state index contributed by atoms with van der Waals surface area (Å²) >= 11 is 6.04. The fraction of sp³-hybridized carbons (Fsp3) is 0.455. The number of hydrogen-bond acceptors (Lipinski definition) is 4. The molecule has 2 aromatic heterocycles. The first-order valence-electron chi connectivity index (χ1n) is 5.63. The first-order chi connectivity index (χ1) is 8.33. The number of halogens is 1. The number of rotatable bonds is 2. The van der Waals surface area contributed by atoms with Crippen molar-refractivity contribution in [3.05, 3.63) is 29.2 Å². The highest BCUT2D eigenvalue weighted by Crippen LogP contribution is 2.12. The summed E-state index contributed by atoms with van der Waals surface area (Å²) in [5.41, 5.74) is 0.792. The van der Waals surface area contributed by atoms with Crippen LogP contribution in [-0.4, -0.2) is 45.8 Å². The topological polar surface area (TPSA) is 42.7 Å². The lowest BCUT2D eigenvalue weighted by molar-refractivity contribution is 0.0331. The molecule has 1 saturated heterocycles. The fourth-order valence-electron chi connectivity index (χ4n) is 1.94. The van der Waals surface area contributed by atoms with E-state index >= 15 is 0 Å². The van der Waals surface area contributed by atoms with Gasteiger partial charge in [0.2, 0.25) is 0 Å². The molecule has 5 nitrogen and oxygen atoms in total. The Bertz CT molecular complexity index is 521. The highest BCUT2D eigenvalue weighted by atomic mass is 35.5. The molecule has 1 aliphatic heterocycles. The standard InChI is InChI=1S/C11H13ClN4O/c12-9-2-1-3-11-13-10(14-16(9)11)8-15-4-6-17-7-5-15/h1-3H,4-8H2. The third-order valence-corrected chi connectivity index (χ3v) is 3.11. The van der Waals surface area contributed by atoms with Gasteiger partial charge in [0.1, 0.15) is 5.15 Å². The molecule has 0 aromatic carbocycles. The maximum absolute atomic E-state index is 6.04. The number of morpholine rings is 1. The summed E-state index contributed by atoms with van der Waals surface area (Å²) in [6, 6.07) is 5.59.